The molecule has 4 unspecified atom stereocenters. The van der Waals surface area contributed by atoms with E-state index in [9.17, 15) is 0 Å². The summed E-state index contributed by atoms with van der Waals surface area (Å²) in [6.45, 7) is 4.99. The molecule has 4 atom stereocenters. The smallest absolute Gasteiger partial charge is 0.0710 e. The fourth-order valence-corrected chi connectivity index (χ4v) is 3.31. The topological polar surface area (TPSA) is 24.5 Å². The quantitative estimate of drug-likeness (QED) is 0.703. The number of ether oxygens (including phenoxy) is 1. The molecule has 3 aliphatic heterocycles. The molecule has 1 aliphatic carbocycles. The Hall–Kier alpha value is -0.120. The van der Waals surface area contributed by atoms with Crippen LogP contribution in [0.3, 0.4) is 0 Å². The Morgan fingerprint density at radius 1 is 1.50 bits per heavy atom. The molecule has 4 rings (SSSR count). The van der Waals surface area contributed by atoms with Gasteiger partial charge >= 0.3 is 0 Å². The van der Waals surface area contributed by atoms with E-state index in [4.69, 9.17) is 4.74 Å². The molecule has 0 spiro atoms. The first-order valence-electron chi connectivity index (χ1n) is 5.85. The summed E-state index contributed by atoms with van der Waals surface area (Å²) in [7, 11) is 1.84. The van der Waals surface area contributed by atoms with Crippen LogP contribution >= 0.6 is 0 Å². The molecule has 1 saturated carbocycles. The maximum absolute atomic E-state index is 5.39. The highest BCUT2D eigenvalue weighted by Crippen LogP contribution is 2.40. The molecule has 2 bridgehead atoms. The van der Waals surface area contributed by atoms with Crippen molar-refractivity contribution in [3.05, 3.63) is 0 Å². The Morgan fingerprint density at radius 3 is 3.00 bits per heavy atom. The summed E-state index contributed by atoms with van der Waals surface area (Å²) in [6.07, 6.45) is 3.17. The molecule has 1 N–H and O–H groups in total. The van der Waals surface area contributed by atoms with Gasteiger partial charge in [0.1, 0.15) is 0 Å². The fraction of sp³-hybridized carbons (Fsp3) is 1.00. The van der Waals surface area contributed by atoms with Gasteiger partial charge in [-0.15, -0.1) is 0 Å². The third-order valence-electron chi connectivity index (χ3n) is 4.35. The zero-order valence-electron chi connectivity index (χ0n) is 8.91. The SMILES string of the molecule is COC1CCN(CC2C3CNC2C3)C1. The van der Waals surface area contributed by atoms with Gasteiger partial charge < -0.3 is 15.0 Å². The van der Waals surface area contributed by atoms with E-state index in [1.165, 1.54) is 32.5 Å². The molecule has 0 aromatic carbocycles. The van der Waals surface area contributed by atoms with Gasteiger partial charge in [0, 0.05) is 32.8 Å². The number of likely N-dealkylation sites (tertiary alicyclic amines) is 1. The Morgan fingerprint density at radius 2 is 2.43 bits per heavy atom. The maximum Gasteiger partial charge on any atom is 0.0710 e. The Labute approximate surface area is 85.8 Å². The fourth-order valence-electron chi connectivity index (χ4n) is 3.31. The van der Waals surface area contributed by atoms with Crippen molar-refractivity contribution in [1.29, 1.82) is 0 Å². The number of nitrogens with one attached hydrogen (secondary N) is 1. The van der Waals surface area contributed by atoms with E-state index >= 15 is 0 Å². The third-order valence-corrected chi connectivity index (χ3v) is 4.35. The second-order valence-corrected chi connectivity index (χ2v) is 5.08. The van der Waals surface area contributed by atoms with Gasteiger partial charge in [0.15, 0.2) is 0 Å². The van der Waals surface area contributed by atoms with Crippen LogP contribution in [0.1, 0.15) is 12.8 Å². The first kappa shape index (κ1) is 9.13. The monoisotopic (exact) mass is 196 g/mol. The molecule has 3 heteroatoms. The first-order valence-corrected chi connectivity index (χ1v) is 5.85. The maximum atomic E-state index is 5.39. The predicted octanol–water partition coefficient (Wildman–Crippen LogP) is 0.315. The minimum absolute atomic E-state index is 0.501. The predicted molar refractivity (Wildman–Crippen MR) is 55.2 cm³/mol. The number of hydrogen-bond donors (Lipinski definition) is 1. The highest BCUT2D eigenvalue weighted by atomic mass is 16.5. The summed E-state index contributed by atoms with van der Waals surface area (Å²) in [5.74, 6) is 1.94. The normalized spacial score (nSPS) is 46.9. The van der Waals surface area contributed by atoms with Crippen molar-refractivity contribution in [2.75, 3.05) is 33.3 Å². The molecular weight excluding hydrogens is 176 g/mol. The van der Waals surface area contributed by atoms with E-state index < -0.39 is 0 Å². The summed E-state index contributed by atoms with van der Waals surface area (Å²) in [4.78, 5) is 2.59. The summed E-state index contributed by atoms with van der Waals surface area (Å²) < 4.78 is 5.39. The van der Waals surface area contributed by atoms with E-state index in [0.29, 0.717) is 6.10 Å². The molecule has 4 fully saturated rings. The van der Waals surface area contributed by atoms with Gasteiger partial charge in [-0.2, -0.15) is 0 Å². The number of methoxy groups -OCH3 is 1. The highest BCUT2D eigenvalue weighted by molar-refractivity contribution is 5.03. The summed E-state index contributed by atoms with van der Waals surface area (Å²) >= 11 is 0. The molecule has 14 heavy (non-hydrogen) atoms. The van der Waals surface area contributed by atoms with E-state index in [0.717, 1.165) is 24.4 Å². The first-order chi connectivity index (χ1) is 6.86. The van der Waals surface area contributed by atoms with Crippen LogP contribution in [-0.2, 0) is 4.74 Å². The van der Waals surface area contributed by atoms with Crippen molar-refractivity contribution < 1.29 is 4.74 Å². The second-order valence-electron chi connectivity index (χ2n) is 5.08. The van der Waals surface area contributed by atoms with Gasteiger partial charge in [0.05, 0.1) is 6.10 Å². The van der Waals surface area contributed by atoms with Gasteiger partial charge in [-0.1, -0.05) is 0 Å². The highest BCUT2D eigenvalue weighted by Gasteiger charge is 2.47. The molecule has 0 amide bonds. The van der Waals surface area contributed by atoms with Crippen LogP contribution in [-0.4, -0.2) is 50.3 Å². The molecule has 0 radical (unpaired) electrons. The second kappa shape index (κ2) is 3.47. The summed E-state index contributed by atoms with van der Waals surface area (Å²) in [5, 5.41) is 3.58. The van der Waals surface area contributed by atoms with E-state index in [1.807, 2.05) is 7.11 Å². The number of fused-ring (bicyclic) bond motifs is 1. The zero-order valence-corrected chi connectivity index (χ0v) is 8.91. The van der Waals surface area contributed by atoms with Crippen LogP contribution in [0.5, 0.6) is 0 Å². The van der Waals surface area contributed by atoms with E-state index in [-0.39, 0.29) is 0 Å². The Balaban J connectivity index is 1.49. The largest absolute Gasteiger partial charge is 0.380 e. The molecule has 3 heterocycles. The van der Waals surface area contributed by atoms with Crippen molar-refractivity contribution in [3.63, 3.8) is 0 Å². The van der Waals surface area contributed by atoms with Crippen LogP contribution in [0.4, 0.5) is 0 Å². The lowest BCUT2D eigenvalue weighted by Gasteiger charge is -2.37. The van der Waals surface area contributed by atoms with Gasteiger partial charge in [0.2, 0.25) is 0 Å². The average Bonchev–Trinajstić information content (AvgIpc) is 2.89. The number of rotatable bonds is 3. The molecule has 4 aliphatic rings. The van der Waals surface area contributed by atoms with Crippen LogP contribution < -0.4 is 5.32 Å². The minimum Gasteiger partial charge on any atom is -0.380 e. The van der Waals surface area contributed by atoms with Gasteiger partial charge in [-0.05, 0) is 31.2 Å². The van der Waals surface area contributed by atoms with Crippen LogP contribution in [0.2, 0.25) is 0 Å². The molecule has 0 aromatic rings. The summed E-state index contributed by atoms with van der Waals surface area (Å²) in [5.41, 5.74) is 0. The summed E-state index contributed by atoms with van der Waals surface area (Å²) in [6, 6.07) is 0.849. The molecule has 3 nitrogen and oxygen atoms in total. The van der Waals surface area contributed by atoms with Crippen LogP contribution in [0, 0.1) is 11.8 Å². The Kier molecular flexibility index (Phi) is 2.26. The van der Waals surface area contributed by atoms with E-state index in [1.54, 1.807) is 0 Å². The van der Waals surface area contributed by atoms with Crippen molar-refractivity contribution in [2.24, 2.45) is 11.8 Å². The lowest BCUT2D eigenvalue weighted by molar-refractivity contribution is 0.0948. The van der Waals surface area contributed by atoms with Gasteiger partial charge in [-0.25, -0.2) is 0 Å². The van der Waals surface area contributed by atoms with Crippen molar-refractivity contribution >= 4 is 0 Å². The standard InChI is InChI=1S/C11H20N2O/c1-14-9-2-3-13(6-9)7-10-8-4-11(10)12-5-8/h8-12H,2-7H2,1H3. The van der Waals surface area contributed by atoms with Crippen LogP contribution in [0.15, 0.2) is 0 Å². The van der Waals surface area contributed by atoms with Gasteiger partial charge in [0.25, 0.3) is 0 Å². The van der Waals surface area contributed by atoms with Crippen molar-refractivity contribution in [3.8, 4) is 0 Å². The van der Waals surface area contributed by atoms with Gasteiger partial charge in [-0.3, -0.25) is 0 Å². The molecule has 3 saturated heterocycles. The van der Waals surface area contributed by atoms with Crippen molar-refractivity contribution in [2.45, 2.75) is 25.0 Å². The number of hydrogen-bond acceptors (Lipinski definition) is 3. The van der Waals surface area contributed by atoms with Crippen molar-refractivity contribution in [1.82, 2.24) is 10.2 Å². The molecule has 0 aromatic heterocycles. The van der Waals surface area contributed by atoms with E-state index in [2.05, 4.69) is 10.2 Å². The Bertz CT molecular complexity index is 207. The third kappa shape index (κ3) is 1.38. The minimum atomic E-state index is 0.501. The lowest BCUT2D eigenvalue weighted by atomic mass is 9.74. The lowest BCUT2D eigenvalue weighted by Crippen LogP contribution is -2.44. The van der Waals surface area contributed by atoms with Crippen LogP contribution in [0.25, 0.3) is 0 Å². The zero-order chi connectivity index (χ0) is 9.54. The average molecular weight is 196 g/mol. The molecule has 80 valence electrons. The molecular formula is C11H20N2O. The number of nitrogens with zero attached hydrogens (tertiary/aromatic N) is 1.